The minimum Gasteiger partial charge on any atom is -0.380 e. The number of aromatic nitrogens is 2. The summed E-state index contributed by atoms with van der Waals surface area (Å²) in [6.07, 6.45) is 2.34. The molecule has 0 amide bonds. The van der Waals surface area contributed by atoms with Crippen LogP contribution < -0.4 is 5.32 Å². The Morgan fingerprint density at radius 2 is 2.43 bits per heavy atom. The van der Waals surface area contributed by atoms with Crippen LogP contribution in [0.4, 0.5) is 0 Å². The molecule has 0 atom stereocenters. The highest BCUT2D eigenvalue weighted by molar-refractivity contribution is 7.03. The van der Waals surface area contributed by atoms with E-state index in [0.717, 1.165) is 38.4 Å². The van der Waals surface area contributed by atoms with Gasteiger partial charge in [0.15, 0.2) is 0 Å². The maximum atomic E-state index is 5.40. The van der Waals surface area contributed by atoms with Crippen molar-refractivity contribution in [2.75, 3.05) is 19.8 Å². The summed E-state index contributed by atoms with van der Waals surface area (Å²) in [4.78, 5) is 0. The first-order valence-electron chi connectivity index (χ1n) is 4.98. The third-order valence-corrected chi connectivity index (χ3v) is 2.33. The summed E-state index contributed by atoms with van der Waals surface area (Å²) in [6, 6.07) is 0. The van der Waals surface area contributed by atoms with Gasteiger partial charge in [-0.05, 0) is 18.0 Å². The van der Waals surface area contributed by atoms with Gasteiger partial charge in [-0.3, -0.25) is 0 Å². The average Bonchev–Trinajstić information content (AvgIpc) is 2.69. The van der Waals surface area contributed by atoms with Crippen LogP contribution >= 0.6 is 11.5 Å². The van der Waals surface area contributed by atoms with E-state index < -0.39 is 0 Å². The van der Waals surface area contributed by atoms with Crippen LogP contribution in [-0.2, 0) is 11.3 Å². The maximum absolute atomic E-state index is 5.40. The highest BCUT2D eigenvalue weighted by Crippen LogP contribution is 1.95. The first kappa shape index (κ1) is 11.6. The summed E-state index contributed by atoms with van der Waals surface area (Å²) in [5, 5.41) is 9.12. The van der Waals surface area contributed by atoms with E-state index in [4.69, 9.17) is 4.74 Å². The quantitative estimate of drug-likeness (QED) is 0.667. The first-order valence-corrected chi connectivity index (χ1v) is 5.81. The van der Waals surface area contributed by atoms with Crippen LogP contribution in [0.5, 0.6) is 0 Å². The van der Waals surface area contributed by atoms with Crippen molar-refractivity contribution in [2.45, 2.75) is 26.3 Å². The van der Waals surface area contributed by atoms with E-state index in [9.17, 15) is 0 Å². The van der Waals surface area contributed by atoms with Crippen LogP contribution in [0.1, 0.15) is 25.5 Å². The molecule has 0 aliphatic carbocycles. The molecule has 0 aromatic carbocycles. The molecular weight excluding hydrogens is 198 g/mol. The Hall–Kier alpha value is -0.520. The van der Waals surface area contributed by atoms with Crippen LogP contribution in [0.2, 0.25) is 0 Å². The molecule has 0 radical (unpaired) electrons. The van der Waals surface area contributed by atoms with Gasteiger partial charge in [0.25, 0.3) is 0 Å². The molecular formula is C9H17N3OS. The van der Waals surface area contributed by atoms with Crippen molar-refractivity contribution in [3.05, 3.63) is 11.1 Å². The highest BCUT2D eigenvalue weighted by Gasteiger charge is 1.94. The minimum atomic E-state index is 0.775. The van der Waals surface area contributed by atoms with Gasteiger partial charge in [-0.15, -0.1) is 5.10 Å². The van der Waals surface area contributed by atoms with E-state index in [1.54, 1.807) is 0 Å². The lowest BCUT2D eigenvalue weighted by Gasteiger charge is -2.03. The average molecular weight is 215 g/mol. The Kier molecular flexibility index (Phi) is 6.47. The predicted octanol–water partition coefficient (Wildman–Crippen LogP) is 1.44. The third kappa shape index (κ3) is 5.26. The molecule has 0 saturated heterocycles. The summed E-state index contributed by atoms with van der Waals surface area (Å²) in [5.41, 5.74) is 1.00. The Bertz CT molecular complexity index is 216. The summed E-state index contributed by atoms with van der Waals surface area (Å²) in [6.45, 7) is 5.47. The lowest BCUT2D eigenvalue weighted by atomic mass is 10.4. The van der Waals surface area contributed by atoms with E-state index >= 15 is 0 Å². The van der Waals surface area contributed by atoms with Gasteiger partial charge in [0.1, 0.15) is 0 Å². The van der Waals surface area contributed by atoms with Gasteiger partial charge in [-0.25, -0.2) is 0 Å². The fraction of sp³-hybridized carbons (Fsp3) is 0.778. The standard InChI is InChI=1S/C9H17N3OS/c1-2-3-5-13-6-4-10-7-9-8-14-12-11-9/h8,10H,2-7H2,1H3. The molecule has 0 bridgehead atoms. The van der Waals surface area contributed by atoms with E-state index in [2.05, 4.69) is 21.8 Å². The van der Waals surface area contributed by atoms with Gasteiger partial charge in [0, 0.05) is 25.1 Å². The predicted molar refractivity (Wildman–Crippen MR) is 57.3 cm³/mol. The zero-order chi connectivity index (χ0) is 10.1. The second-order valence-electron chi connectivity index (χ2n) is 3.04. The first-order chi connectivity index (χ1) is 6.93. The monoisotopic (exact) mass is 215 g/mol. The third-order valence-electron chi connectivity index (χ3n) is 1.78. The number of hydrogen-bond acceptors (Lipinski definition) is 5. The Morgan fingerprint density at radius 1 is 1.50 bits per heavy atom. The second kappa shape index (κ2) is 7.84. The summed E-state index contributed by atoms with van der Waals surface area (Å²) < 4.78 is 9.18. The van der Waals surface area contributed by atoms with E-state index in [1.807, 2.05) is 5.38 Å². The van der Waals surface area contributed by atoms with Crippen molar-refractivity contribution >= 4 is 11.5 Å². The highest BCUT2D eigenvalue weighted by atomic mass is 32.1. The van der Waals surface area contributed by atoms with Gasteiger partial charge >= 0.3 is 0 Å². The zero-order valence-corrected chi connectivity index (χ0v) is 9.35. The van der Waals surface area contributed by atoms with Crippen LogP contribution in [-0.4, -0.2) is 29.3 Å². The van der Waals surface area contributed by atoms with Crippen molar-refractivity contribution in [1.82, 2.24) is 14.9 Å². The molecule has 14 heavy (non-hydrogen) atoms. The Labute approximate surface area is 88.8 Å². The molecule has 1 aromatic rings. The largest absolute Gasteiger partial charge is 0.380 e. The van der Waals surface area contributed by atoms with Gasteiger partial charge in [-0.1, -0.05) is 17.8 Å². The smallest absolute Gasteiger partial charge is 0.0893 e. The van der Waals surface area contributed by atoms with Crippen LogP contribution in [0.15, 0.2) is 5.38 Å². The molecule has 0 aliphatic rings. The van der Waals surface area contributed by atoms with Crippen LogP contribution in [0.25, 0.3) is 0 Å². The Morgan fingerprint density at radius 3 is 3.14 bits per heavy atom. The van der Waals surface area contributed by atoms with Crippen molar-refractivity contribution in [1.29, 1.82) is 0 Å². The number of ether oxygens (including phenoxy) is 1. The molecule has 0 unspecified atom stereocenters. The van der Waals surface area contributed by atoms with Crippen LogP contribution in [0, 0.1) is 0 Å². The molecule has 0 fully saturated rings. The Balaban J connectivity index is 1.85. The molecule has 1 rings (SSSR count). The van der Waals surface area contributed by atoms with Crippen molar-refractivity contribution in [3.63, 3.8) is 0 Å². The number of nitrogens with one attached hydrogen (secondary N) is 1. The van der Waals surface area contributed by atoms with Crippen LogP contribution in [0.3, 0.4) is 0 Å². The van der Waals surface area contributed by atoms with Crippen molar-refractivity contribution in [2.24, 2.45) is 0 Å². The van der Waals surface area contributed by atoms with E-state index in [0.29, 0.717) is 0 Å². The molecule has 0 aliphatic heterocycles. The lowest BCUT2D eigenvalue weighted by Crippen LogP contribution is -2.19. The SMILES string of the molecule is CCCCOCCNCc1csnn1. The number of nitrogens with zero attached hydrogens (tertiary/aromatic N) is 2. The second-order valence-corrected chi connectivity index (χ2v) is 3.65. The number of rotatable bonds is 8. The fourth-order valence-electron chi connectivity index (χ4n) is 0.970. The summed E-state index contributed by atoms with van der Waals surface area (Å²) in [5.74, 6) is 0. The fourth-order valence-corrected chi connectivity index (χ4v) is 1.42. The summed E-state index contributed by atoms with van der Waals surface area (Å²) in [7, 11) is 0. The molecule has 1 N–H and O–H groups in total. The molecule has 80 valence electrons. The summed E-state index contributed by atoms with van der Waals surface area (Å²) >= 11 is 1.38. The molecule has 1 heterocycles. The molecule has 1 aromatic heterocycles. The van der Waals surface area contributed by atoms with Crippen molar-refractivity contribution in [3.8, 4) is 0 Å². The lowest BCUT2D eigenvalue weighted by molar-refractivity contribution is 0.133. The van der Waals surface area contributed by atoms with E-state index in [-0.39, 0.29) is 0 Å². The van der Waals surface area contributed by atoms with Gasteiger partial charge < -0.3 is 10.1 Å². The molecule has 0 spiro atoms. The van der Waals surface area contributed by atoms with Gasteiger partial charge in [0.05, 0.1) is 12.3 Å². The topological polar surface area (TPSA) is 47.0 Å². The van der Waals surface area contributed by atoms with Gasteiger partial charge in [0.2, 0.25) is 0 Å². The van der Waals surface area contributed by atoms with Gasteiger partial charge in [-0.2, -0.15) is 0 Å². The maximum Gasteiger partial charge on any atom is 0.0893 e. The minimum absolute atomic E-state index is 0.775. The zero-order valence-electron chi connectivity index (χ0n) is 8.53. The van der Waals surface area contributed by atoms with E-state index in [1.165, 1.54) is 18.0 Å². The van der Waals surface area contributed by atoms with Crippen molar-refractivity contribution < 1.29 is 4.74 Å². The number of unbranched alkanes of at least 4 members (excludes halogenated alkanes) is 1. The molecule has 0 saturated carbocycles. The number of hydrogen-bond donors (Lipinski definition) is 1. The molecule has 5 heteroatoms. The normalized spacial score (nSPS) is 10.6. The molecule has 4 nitrogen and oxygen atoms in total.